The summed E-state index contributed by atoms with van der Waals surface area (Å²) in [5.41, 5.74) is 0.891. The van der Waals surface area contributed by atoms with Crippen LogP contribution in [0, 0.1) is 17.6 Å². The zero-order chi connectivity index (χ0) is 23.0. The second kappa shape index (κ2) is 9.86. The highest BCUT2D eigenvalue weighted by atomic mass is 35.5. The van der Waals surface area contributed by atoms with Crippen LogP contribution in [0.3, 0.4) is 0 Å². The van der Waals surface area contributed by atoms with E-state index in [4.69, 9.17) is 0 Å². The molecule has 2 aromatic rings. The lowest BCUT2D eigenvalue weighted by molar-refractivity contribution is -0.142. The van der Waals surface area contributed by atoms with Gasteiger partial charge in [-0.15, -0.1) is 12.4 Å². The van der Waals surface area contributed by atoms with E-state index in [1.807, 2.05) is 13.8 Å². The summed E-state index contributed by atoms with van der Waals surface area (Å²) in [6.45, 7) is 6.92. The summed E-state index contributed by atoms with van der Waals surface area (Å²) in [7, 11) is 0. The Kier molecular flexibility index (Phi) is 8.08. The highest BCUT2D eigenvalue weighted by Gasteiger charge is 2.33. The third-order valence-corrected chi connectivity index (χ3v) is 6.38. The normalized spacial score (nSPS) is 15.2. The summed E-state index contributed by atoms with van der Waals surface area (Å²) in [5.74, 6) is -2.99. The molecule has 4 nitrogen and oxygen atoms in total. The maximum atomic E-state index is 14.4. The van der Waals surface area contributed by atoms with Gasteiger partial charge in [-0.25, -0.2) is 8.78 Å². The number of aliphatic carboxylic acids is 1. The van der Waals surface area contributed by atoms with Crippen molar-refractivity contribution in [1.29, 1.82) is 0 Å². The van der Waals surface area contributed by atoms with E-state index in [-0.39, 0.29) is 35.6 Å². The molecule has 3 rings (SSSR count). The lowest BCUT2D eigenvalue weighted by Crippen LogP contribution is -2.43. The van der Waals surface area contributed by atoms with Gasteiger partial charge in [0.1, 0.15) is 0 Å². The molecule has 2 aromatic carbocycles. The van der Waals surface area contributed by atoms with E-state index in [1.165, 1.54) is 31.0 Å². The van der Waals surface area contributed by atoms with Gasteiger partial charge in [0.25, 0.3) is 0 Å². The van der Waals surface area contributed by atoms with Crippen molar-refractivity contribution in [3.05, 3.63) is 70.3 Å². The van der Waals surface area contributed by atoms with Gasteiger partial charge in [-0.3, -0.25) is 4.79 Å². The van der Waals surface area contributed by atoms with Crippen molar-refractivity contribution in [1.82, 2.24) is 5.32 Å². The Balaban J connectivity index is 0.00000363. The number of aliphatic hydroxyl groups excluding tert-OH is 1. The number of carbonyl (C=O) groups is 1. The second-order valence-electron chi connectivity index (χ2n) is 9.82. The van der Waals surface area contributed by atoms with Crippen molar-refractivity contribution < 1.29 is 23.8 Å². The third kappa shape index (κ3) is 5.66. The molecular weight excluding hydrogens is 436 g/mol. The lowest BCUT2D eigenvalue weighted by atomic mass is 9.83. The molecule has 0 unspecified atom stereocenters. The third-order valence-electron chi connectivity index (χ3n) is 6.38. The van der Waals surface area contributed by atoms with Gasteiger partial charge in [0.2, 0.25) is 0 Å². The van der Waals surface area contributed by atoms with Crippen LogP contribution in [0.2, 0.25) is 0 Å². The fraction of sp³-hybridized carbons (Fsp3) is 0.480. The van der Waals surface area contributed by atoms with Crippen LogP contribution in [0.25, 0.3) is 0 Å². The Morgan fingerprint density at radius 2 is 1.69 bits per heavy atom. The minimum Gasteiger partial charge on any atom is -0.481 e. The standard InChI is InChI=1S/C25H31F2NO3.ClH/c1-24(2,13-15-9-16-7-5-6-8-17(16)10-15)28-14-21(29)19-11-18(12-20(26)22(19)27)25(3,4)23(30)31;/h5-8,11-12,15,21,28-29H,9-10,13-14H2,1-4H3,(H,30,31);1H/t21-;/m1./s1. The number of fused-ring (bicyclic) bond motifs is 1. The number of benzene rings is 2. The minimum absolute atomic E-state index is 0. The monoisotopic (exact) mass is 467 g/mol. The van der Waals surface area contributed by atoms with Crippen LogP contribution < -0.4 is 5.32 Å². The van der Waals surface area contributed by atoms with Crippen molar-refractivity contribution in [2.24, 2.45) is 5.92 Å². The zero-order valence-electron chi connectivity index (χ0n) is 18.9. The average molecular weight is 468 g/mol. The van der Waals surface area contributed by atoms with Crippen LogP contribution in [0.15, 0.2) is 36.4 Å². The lowest BCUT2D eigenvalue weighted by Gasteiger charge is -2.31. The number of hydrogen-bond donors (Lipinski definition) is 3. The number of rotatable bonds is 8. The molecule has 7 heteroatoms. The molecule has 0 fully saturated rings. The largest absolute Gasteiger partial charge is 0.481 e. The smallest absolute Gasteiger partial charge is 0.313 e. The first-order chi connectivity index (χ1) is 14.4. The highest BCUT2D eigenvalue weighted by Crippen LogP contribution is 2.33. The number of carboxylic acid groups (broad SMARTS) is 1. The van der Waals surface area contributed by atoms with Crippen molar-refractivity contribution in [3.8, 4) is 0 Å². The van der Waals surface area contributed by atoms with E-state index in [1.54, 1.807) is 0 Å². The van der Waals surface area contributed by atoms with E-state index in [9.17, 15) is 23.8 Å². The number of hydrogen-bond acceptors (Lipinski definition) is 3. The van der Waals surface area contributed by atoms with Gasteiger partial charge in [0.15, 0.2) is 11.6 Å². The Morgan fingerprint density at radius 3 is 2.22 bits per heavy atom. The number of nitrogens with one attached hydrogen (secondary N) is 1. The van der Waals surface area contributed by atoms with Gasteiger partial charge >= 0.3 is 5.97 Å². The van der Waals surface area contributed by atoms with Crippen molar-refractivity contribution in [2.75, 3.05) is 6.54 Å². The summed E-state index contributed by atoms with van der Waals surface area (Å²) in [6, 6.07) is 10.5. The number of carboxylic acids is 1. The second-order valence-corrected chi connectivity index (χ2v) is 9.82. The molecule has 0 saturated carbocycles. The fourth-order valence-electron chi connectivity index (χ4n) is 4.41. The Morgan fingerprint density at radius 1 is 1.12 bits per heavy atom. The fourth-order valence-corrected chi connectivity index (χ4v) is 4.41. The topological polar surface area (TPSA) is 69.6 Å². The average Bonchev–Trinajstić information content (AvgIpc) is 3.09. The Hall–Kier alpha value is -2.02. The molecule has 0 radical (unpaired) electrons. The van der Waals surface area contributed by atoms with E-state index in [2.05, 4.69) is 29.6 Å². The Labute approximate surface area is 194 Å². The molecule has 0 amide bonds. The molecule has 0 saturated heterocycles. The van der Waals surface area contributed by atoms with Gasteiger partial charge < -0.3 is 15.5 Å². The van der Waals surface area contributed by atoms with Gasteiger partial charge in [0.05, 0.1) is 11.5 Å². The van der Waals surface area contributed by atoms with Gasteiger partial charge in [-0.2, -0.15) is 0 Å². The van der Waals surface area contributed by atoms with E-state index in [0.717, 1.165) is 25.3 Å². The van der Waals surface area contributed by atoms with Crippen LogP contribution >= 0.6 is 12.4 Å². The summed E-state index contributed by atoms with van der Waals surface area (Å²) in [5, 5.41) is 23.3. The molecule has 0 heterocycles. The molecule has 1 atom stereocenters. The van der Waals surface area contributed by atoms with E-state index >= 15 is 0 Å². The maximum Gasteiger partial charge on any atom is 0.313 e. The summed E-state index contributed by atoms with van der Waals surface area (Å²) >= 11 is 0. The molecule has 32 heavy (non-hydrogen) atoms. The van der Waals surface area contributed by atoms with Crippen molar-refractivity contribution in [2.45, 2.75) is 64.0 Å². The van der Waals surface area contributed by atoms with Crippen LogP contribution in [0.4, 0.5) is 8.78 Å². The number of aliphatic hydroxyl groups is 1. The first kappa shape index (κ1) is 26.2. The summed E-state index contributed by atoms with van der Waals surface area (Å²) in [6.07, 6.45) is 1.59. The van der Waals surface area contributed by atoms with Crippen LogP contribution in [0.5, 0.6) is 0 Å². The first-order valence-electron chi connectivity index (χ1n) is 10.6. The van der Waals surface area contributed by atoms with Crippen LogP contribution in [-0.2, 0) is 23.1 Å². The van der Waals surface area contributed by atoms with E-state index in [0.29, 0.717) is 5.92 Å². The van der Waals surface area contributed by atoms with Gasteiger partial charge in [-0.1, -0.05) is 24.3 Å². The van der Waals surface area contributed by atoms with Crippen molar-refractivity contribution >= 4 is 18.4 Å². The van der Waals surface area contributed by atoms with Crippen LogP contribution in [0.1, 0.15) is 62.5 Å². The van der Waals surface area contributed by atoms with Crippen LogP contribution in [-0.4, -0.2) is 28.3 Å². The number of β-amino-alcohol motifs (C(OH)–C–C–N with tert-alkyl or cyclic N) is 1. The highest BCUT2D eigenvalue weighted by molar-refractivity contribution is 5.85. The molecule has 1 aliphatic rings. The molecule has 176 valence electrons. The SMILES string of the molecule is CC(C)(CC1Cc2ccccc2C1)NC[C@@H](O)c1cc(C(C)(C)C(=O)O)cc(F)c1F.Cl. The summed E-state index contributed by atoms with van der Waals surface area (Å²) in [4.78, 5) is 11.5. The Bertz CT molecular complexity index is 953. The number of halogens is 3. The molecule has 0 aromatic heterocycles. The van der Waals surface area contributed by atoms with Crippen molar-refractivity contribution in [3.63, 3.8) is 0 Å². The minimum atomic E-state index is -1.41. The zero-order valence-corrected chi connectivity index (χ0v) is 19.7. The van der Waals surface area contributed by atoms with E-state index < -0.39 is 29.1 Å². The molecule has 0 aliphatic heterocycles. The molecule has 0 bridgehead atoms. The van der Waals surface area contributed by atoms with Gasteiger partial charge in [-0.05, 0) is 81.7 Å². The quantitative estimate of drug-likeness (QED) is 0.513. The first-order valence-corrected chi connectivity index (χ1v) is 10.6. The predicted octanol–water partition coefficient (Wildman–Crippen LogP) is 4.96. The molecule has 1 aliphatic carbocycles. The van der Waals surface area contributed by atoms with Gasteiger partial charge in [0, 0.05) is 17.6 Å². The molecular formula is C25H32ClF2NO3. The maximum absolute atomic E-state index is 14.4. The molecule has 3 N–H and O–H groups in total. The predicted molar refractivity (Wildman–Crippen MR) is 123 cm³/mol. The molecule has 0 spiro atoms. The summed E-state index contributed by atoms with van der Waals surface area (Å²) < 4.78 is 28.6.